The van der Waals surface area contributed by atoms with Crippen molar-refractivity contribution in [2.75, 3.05) is 5.75 Å². The number of furan rings is 1. The number of aliphatic hydroxyl groups is 3. The SMILES string of the molecule is CC(=O)O[C@H]1C(=O)[C@@]2(C)[C@H]([C@H](OC(=O)c3ccccc3)[C@]3(O)C[C@H](OC(=O)[C@H](O)[C@@H](NC(=O)SCC(C)C)c4ccco4)C(C)=C1C3(C)C)[C@]1(OC(C)=O)CC[C@@H]1C[C@@H]2O. The van der Waals surface area contributed by atoms with Gasteiger partial charge < -0.3 is 44.0 Å². The topological polar surface area (TPSA) is 225 Å². The van der Waals surface area contributed by atoms with Crippen LogP contribution in [0.3, 0.4) is 0 Å². The first-order chi connectivity index (χ1) is 28.1. The minimum Gasteiger partial charge on any atom is -0.467 e. The minimum atomic E-state index is -2.33. The second-order valence-electron chi connectivity index (χ2n) is 17.7. The fourth-order valence-corrected chi connectivity index (χ4v) is 10.8. The Labute approximate surface area is 352 Å². The first-order valence-corrected chi connectivity index (χ1v) is 21.2. The van der Waals surface area contributed by atoms with Gasteiger partial charge in [-0.05, 0) is 74.4 Å². The van der Waals surface area contributed by atoms with Gasteiger partial charge in [0, 0.05) is 37.4 Å². The van der Waals surface area contributed by atoms with E-state index in [1.54, 1.807) is 32.0 Å². The van der Waals surface area contributed by atoms with Crippen LogP contribution in [0.4, 0.5) is 4.79 Å². The van der Waals surface area contributed by atoms with Crippen LogP contribution in [0.1, 0.15) is 103 Å². The van der Waals surface area contributed by atoms with Crippen LogP contribution in [0, 0.1) is 28.6 Å². The van der Waals surface area contributed by atoms with Gasteiger partial charge in [0.05, 0.1) is 29.3 Å². The van der Waals surface area contributed by atoms with Gasteiger partial charge in [0.1, 0.15) is 35.2 Å². The van der Waals surface area contributed by atoms with E-state index in [-0.39, 0.29) is 41.2 Å². The summed E-state index contributed by atoms with van der Waals surface area (Å²) in [6.07, 6.45) is -7.00. The van der Waals surface area contributed by atoms with Gasteiger partial charge in [-0.15, -0.1) is 0 Å². The Kier molecular flexibility index (Phi) is 12.6. The number of Topliss-reactive ketones (excluding diaryl/α,β-unsaturated/α-hetero) is 1. The number of hydrogen-bond acceptors (Lipinski definition) is 15. The molecule has 0 unspecified atom stereocenters. The lowest BCUT2D eigenvalue weighted by atomic mass is 9.41. The molecular weight excluding hydrogens is 799 g/mol. The molecule has 16 heteroatoms. The van der Waals surface area contributed by atoms with E-state index >= 15 is 4.79 Å². The summed E-state index contributed by atoms with van der Waals surface area (Å²) in [7, 11) is 0. The van der Waals surface area contributed by atoms with Gasteiger partial charge in [-0.2, -0.15) is 0 Å². The number of ketones is 1. The molecular formula is C44H55NO14S. The molecule has 0 saturated heterocycles. The van der Waals surface area contributed by atoms with Crippen LogP contribution in [0.2, 0.25) is 0 Å². The Morgan fingerprint density at radius 1 is 0.983 bits per heavy atom. The Balaban J connectivity index is 1.52. The highest BCUT2D eigenvalue weighted by molar-refractivity contribution is 8.13. The average Bonchev–Trinajstić information content (AvgIpc) is 3.72. The smallest absolute Gasteiger partial charge is 0.338 e. The average molecular weight is 854 g/mol. The normalized spacial score (nSPS) is 32.8. The highest BCUT2D eigenvalue weighted by atomic mass is 32.2. The summed E-state index contributed by atoms with van der Waals surface area (Å²) in [4.78, 5) is 82.8. The van der Waals surface area contributed by atoms with E-state index < -0.39 is 112 Å². The van der Waals surface area contributed by atoms with Crippen molar-refractivity contribution in [1.29, 1.82) is 0 Å². The molecule has 60 heavy (non-hydrogen) atoms. The predicted molar refractivity (Wildman–Crippen MR) is 215 cm³/mol. The molecule has 3 saturated carbocycles. The van der Waals surface area contributed by atoms with E-state index in [0.717, 1.165) is 18.7 Å². The number of benzene rings is 1. The summed E-state index contributed by atoms with van der Waals surface area (Å²) >= 11 is 0.956. The molecule has 0 aliphatic heterocycles. The van der Waals surface area contributed by atoms with Gasteiger partial charge in [-0.3, -0.25) is 19.2 Å². The maximum atomic E-state index is 15.5. The van der Waals surface area contributed by atoms with Gasteiger partial charge in [-0.1, -0.05) is 57.7 Å². The van der Waals surface area contributed by atoms with Gasteiger partial charge in [-0.25, -0.2) is 9.59 Å². The number of fused-ring (bicyclic) bond motifs is 5. The molecule has 1 aromatic carbocycles. The lowest BCUT2D eigenvalue weighted by Gasteiger charge is -2.68. The monoisotopic (exact) mass is 853 g/mol. The van der Waals surface area contributed by atoms with Gasteiger partial charge >= 0.3 is 23.9 Å². The maximum Gasteiger partial charge on any atom is 0.338 e. The summed E-state index contributed by atoms with van der Waals surface area (Å²) in [6.45, 7) is 12.3. The largest absolute Gasteiger partial charge is 0.467 e. The summed E-state index contributed by atoms with van der Waals surface area (Å²) in [6, 6.07) is 9.51. The Hall–Kier alpha value is -4.51. The van der Waals surface area contributed by atoms with Gasteiger partial charge in [0.25, 0.3) is 5.24 Å². The number of esters is 4. The quantitative estimate of drug-likeness (QED) is 0.132. The molecule has 0 radical (unpaired) electrons. The number of carbonyl (C=O) groups is 6. The number of aliphatic hydroxyl groups excluding tert-OH is 2. The highest BCUT2D eigenvalue weighted by Gasteiger charge is 2.77. The lowest BCUT2D eigenvalue weighted by Crippen LogP contribution is -2.78. The van der Waals surface area contributed by atoms with Crippen molar-refractivity contribution in [3.05, 3.63) is 71.2 Å². The fraction of sp³-hybridized carbons (Fsp3) is 0.591. The second kappa shape index (κ2) is 16.7. The van der Waals surface area contributed by atoms with Crippen LogP contribution < -0.4 is 5.32 Å². The molecule has 1 heterocycles. The number of thioether (sulfide) groups is 1. The third kappa shape index (κ3) is 7.68. The zero-order valence-corrected chi connectivity index (χ0v) is 35.9. The van der Waals surface area contributed by atoms with Crippen LogP contribution in [-0.2, 0) is 38.1 Å². The molecule has 1 aromatic heterocycles. The van der Waals surface area contributed by atoms with Crippen LogP contribution >= 0.6 is 11.8 Å². The first kappa shape index (κ1) is 45.0. The minimum absolute atomic E-state index is 0.0134. The Morgan fingerprint density at radius 2 is 1.67 bits per heavy atom. The van der Waals surface area contributed by atoms with Crippen LogP contribution in [0.25, 0.3) is 0 Å². The predicted octanol–water partition coefficient (Wildman–Crippen LogP) is 5.01. The van der Waals surface area contributed by atoms with Crippen molar-refractivity contribution in [2.24, 2.45) is 28.6 Å². The number of nitrogens with one attached hydrogen (secondary N) is 1. The summed E-state index contributed by atoms with van der Waals surface area (Å²) < 4.78 is 30.0. The zero-order valence-electron chi connectivity index (χ0n) is 35.1. The number of amides is 1. The van der Waals surface area contributed by atoms with E-state index in [1.165, 1.54) is 51.3 Å². The van der Waals surface area contributed by atoms with Gasteiger partial charge in [0.2, 0.25) is 0 Å². The fourth-order valence-electron chi connectivity index (χ4n) is 10.1. The molecule has 4 N–H and O–H groups in total. The van der Waals surface area contributed by atoms with E-state index in [4.69, 9.17) is 23.4 Å². The van der Waals surface area contributed by atoms with E-state index in [2.05, 4.69) is 5.32 Å². The number of hydrogen-bond donors (Lipinski definition) is 4. The van der Waals surface area contributed by atoms with Crippen molar-refractivity contribution in [3.63, 3.8) is 0 Å². The highest BCUT2D eigenvalue weighted by Crippen LogP contribution is 2.67. The molecule has 4 aliphatic rings. The summed E-state index contributed by atoms with van der Waals surface area (Å²) in [5.41, 5.74) is -7.16. The van der Waals surface area contributed by atoms with Crippen molar-refractivity contribution in [2.45, 2.75) is 129 Å². The second-order valence-corrected chi connectivity index (χ2v) is 18.7. The van der Waals surface area contributed by atoms with Crippen LogP contribution in [-0.4, -0.2) is 97.7 Å². The molecule has 6 rings (SSSR count). The molecule has 2 bridgehead atoms. The van der Waals surface area contributed by atoms with E-state index in [9.17, 15) is 39.3 Å². The zero-order chi connectivity index (χ0) is 44.1. The van der Waals surface area contributed by atoms with Crippen molar-refractivity contribution in [3.8, 4) is 0 Å². The molecule has 3 fully saturated rings. The van der Waals surface area contributed by atoms with Crippen LogP contribution in [0.15, 0.2) is 64.3 Å². The molecule has 1 amide bonds. The Bertz CT molecular complexity index is 2030. The molecule has 11 atom stereocenters. The molecule has 2 aromatic rings. The van der Waals surface area contributed by atoms with E-state index in [1.807, 2.05) is 13.8 Å². The van der Waals surface area contributed by atoms with Crippen molar-refractivity contribution >= 4 is 46.7 Å². The molecule has 15 nitrogen and oxygen atoms in total. The summed E-state index contributed by atoms with van der Waals surface area (Å²) in [5.74, 6) is -5.79. The number of ether oxygens (including phenoxy) is 4. The van der Waals surface area contributed by atoms with Gasteiger partial charge in [0.15, 0.2) is 18.0 Å². The summed E-state index contributed by atoms with van der Waals surface area (Å²) in [5, 5.41) is 39.4. The molecule has 4 aliphatic carbocycles. The third-order valence-electron chi connectivity index (χ3n) is 13.3. The van der Waals surface area contributed by atoms with Crippen molar-refractivity contribution < 1.29 is 67.5 Å². The lowest BCUT2D eigenvalue weighted by molar-refractivity contribution is -0.296. The standard InChI is InChI=1S/C44H55NO14S/c1-22(2)21-60-40(53)45-32(28-15-12-18-55-28)33(49)39(52)57-29-20-44(54)37(58-38(51)26-13-10-9-11-14-26)35-42(8,30(48)19-27-16-17-43(27,35)59-25(5)47)36(50)34(56-24(4)46)31(23(29)3)41(44,6)7/h9-15,18,22,27,29-30,32-35,37,48-49,54H,16-17,19-21H2,1-8H3,(H,45,53)/t27-,29+,30+,32+,33-,34-,35+,37+,42-,43+,44-/m1/s1. The molecule has 326 valence electrons. The maximum absolute atomic E-state index is 15.5. The number of carbonyl (C=O) groups excluding carboxylic acids is 6. The third-order valence-corrected chi connectivity index (χ3v) is 14.5. The van der Waals surface area contributed by atoms with Crippen molar-refractivity contribution in [1.82, 2.24) is 5.32 Å². The van der Waals surface area contributed by atoms with E-state index in [0.29, 0.717) is 12.2 Å². The number of rotatable bonds is 11. The molecule has 0 spiro atoms. The first-order valence-electron chi connectivity index (χ1n) is 20.2. The Morgan fingerprint density at radius 3 is 2.23 bits per heavy atom. The van der Waals surface area contributed by atoms with Crippen LogP contribution in [0.5, 0.6) is 0 Å².